The average Bonchev–Trinajstić information content (AvgIpc) is 2.68. The van der Waals surface area contributed by atoms with E-state index in [0.717, 1.165) is 44.8 Å². The molecule has 0 fully saturated rings. The van der Waals surface area contributed by atoms with Crippen LogP contribution in [-0.4, -0.2) is 15.0 Å². The molecule has 3 rings (SSSR count). The van der Waals surface area contributed by atoms with Crippen molar-refractivity contribution >= 4 is 0 Å². The Kier molecular flexibility index (Phi) is 11.7. The third-order valence-corrected chi connectivity index (χ3v) is 4.20. The third kappa shape index (κ3) is 6.98. The van der Waals surface area contributed by atoms with Gasteiger partial charge in [-0.05, 0) is 64.1 Å². The molecule has 0 atom stereocenters. The molecule has 0 bridgehead atoms. The number of hydrogen-bond acceptors (Lipinski definition) is 9. The van der Waals surface area contributed by atoms with Crippen molar-refractivity contribution in [3.05, 3.63) is 109 Å². The molecule has 0 aromatic carbocycles. The van der Waals surface area contributed by atoms with Crippen LogP contribution in [0.4, 0.5) is 0 Å². The quantitative estimate of drug-likeness (QED) is 0.315. The molecular formula is C20H21CuN5O4-2. The maximum atomic E-state index is 8.00. The molecular weight excluding hydrogens is 438 g/mol. The van der Waals surface area contributed by atoms with Crippen molar-refractivity contribution < 1.29 is 17.1 Å². The minimum Gasteiger partial charge on any atom is -0.444 e. The van der Waals surface area contributed by atoms with Crippen molar-refractivity contribution in [3.8, 4) is 0 Å². The summed E-state index contributed by atoms with van der Waals surface area (Å²) in [5.41, 5.74) is 5.40. The molecule has 0 aliphatic heterocycles. The van der Waals surface area contributed by atoms with Gasteiger partial charge in [-0.3, -0.25) is 15.0 Å². The van der Waals surface area contributed by atoms with Crippen molar-refractivity contribution in [1.29, 1.82) is 0 Å². The molecule has 0 saturated carbocycles. The fourth-order valence-corrected chi connectivity index (χ4v) is 2.86. The Labute approximate surface area is 185 Å². The van der Waals surface area contributed by atoms with Crippen LogP contribution >= 0.6 is 0 Å². The first kappa shape index (κ1) is 26.8. The van der Waals surface area contributed by atoms with E-state index in [9.17, 15) is 0 Å². The van der Waals surface area contributed by atoms with Crippen molar-refractivity contribution in [2.75, 3.05) is 0 Å². The summed E-state index contributed by atoms with van der Waals surface area (Å²) in [5.74, 6) is 0. The summed E-state index contributed by atoms with van der Waals surface area (Å²) < 4.78 is 0. The maximum Gasteiger partial charge on any atom is 0.0939 e. The molecule has 0 saturated heterocycles. The van der Waals surface area contributed by atoms with Gasteiger partial charge in [0.25, 0.3) is 0 Å². The zero-order valence-electron chi connectivity index (χ0n) is 16.9. The van der Waals surface area contributed by atoms with Gasteiger partial charge in [-0.15, -0.1) is 10.7 Å². The van der Waals surface area contributed by atoms with Gasteiger partial charge in [-0.2, -0.15) is 0 Å². The first-order chi connectivity index (χ1) is 13.8. The first-order valence-corrected chi connectivity index (χ1v) is 8.55. The zero-order chi connectivity index (χ0) is 21.9. The summed E-state index contributed by atoms with van der Waals surface area (Å²) in [6, 6.07) is 18.3. The molecule has 0 spiro atoms. The van der Waals surface area contributed by atoms with E-state index in [1.807, 2.05) is 57.2 Å². The van der Waals surface area contributed by atoms with Gasteiger partial charge < -0.3 is 20.2 Å². The van der Waals surface area contributed by atoms with Gasteiger partial charge in [0.1, 0.15) is 0 Å². The Morgan fingerprint density at radius 1 is 0.667 bits per heavy atom. The van der Waals surface area contributed by atoms with Gasteiger partial charge in [-0.1, -0.05) is 18.2 Å². The number of aryl methyl sites for hydroxylation is 3. The second-order valence-electron chi connectivity index (χ2n) is 6.27. The number of rotatable bonds is 3. The van der Waals surface area contributed by atoms with E-state index in [2.05, 4.69) is 25.1 Å². The van der Waals surface area contributed by atoms with Crippen LogP contribution in [0.3, 0.4) is 0 Å². The van der Waals surface area contributed by atoms with Crippen LogP contribution in [0.25, 0.3) is 0 Å². The summed E-state index contributed by atoms with van der Waals surface area (Å²) >= 11 is 0. The molecule has 1 radical (unpaired) electrons. The monoisotopic (exact) mass is 458 g/mol. The van der Waals surface area contributed by atoms with E-state index in [1.54, 1.807) is 0 Å². The maximum absolute atomic E-state index is 8.00. The predicted molar refractivity (Wildman–Crippen MR) is 111 cm³/mol. The summed E-state index contributed by atoms with van der Waals surface area (Å²) in [7, 11) is 0. The van der Waals surface area contributed by atoms with Crippen LogP contribution in [0.5, 0.6) is 0 Å². The second-order valence-corrected chi connectivity index (χ2v) is 6.27. The topological polar surface area (TPSA) is 144 Å². The van der Waals surface area contributed by atoms with Crippen molar-refractivity contribution in [3.63, 3.8) is 0 Å². The predicted octanol–water partition coefficient (Wildman–Crippen LogP) is 4.65. The molecule has 0 aliphatic carbocycles. The van der Waals surface area contributed by atoms with E-state index >= 15 is 0 Å². The summed E-state index contributed by atoms with van der Waals surface area (Å²) in [4.78, 5) is 30.3. The molecule has 3 aromatic rings. The molecule has 0 N–H and O–H groups in total. The first-order valence-electron chi connectivity index (χ1n) is 8.55. The van der Waals surface area contributed by atoms with E-state index in [1.165, 1.54) is 0 Å². The van der Waals surface area contributed by atoms with Crippen LogP contribution in [0, 0.1) is 41.0 Å². The Balaban J connectivity index is 0.00000108. The molecule has 0 aliphatic rings. The molecule has 9 nitrogen and oxygen atoms in total. The Bertz CT molecular complexity index is 839. The minimum absolute atomic E-state index is 0. The van der Waals surface area contributed by atoms with Gasteiger partial charge in [-0.25, -0.2) is 0 Å². The van der Waals surface area contributed by atoms with Crippen molar-refractivity contribution in [2.24, 2.45) is 10.7 Å². The van der Waals surface area contributed by atoms with Crippen LogP contribution in [0.15, 0.2) is 65.3 Å². The van der Waals surface area contributed by atoms with Gasteiger partial charge in [0.05, 0.1) is 22.5 Å². The Hall–Kier alpha value is -3.23. The summed E-state index contributed by atoms with van der Waals surface area (Å²) in [5, 5.41) is 18.0. The SMILES string of the molecule is Cc1cccc(C(C)(c2cccc(C)n2)c2cccc(C)n2)n1.O=N[O-].O=N[O-].[Cu]. The molecule has 0 unspecified atom stereocenters. The second kappa shape index (κ2) is 13.1. The van der Waals surface area contributed by atoms with Crippen molar-refractivity contribution in [1.82, 2.24) is 15.0 Å². The number of aromatic nitrogens is 3. The number of hydrogen-bond donors (Lipinski definition) is 0. The van der Waals surface area contributed by atoms with Crippen LogP contribution in [-0.2, 0) is 22.5 Å². The van der Waals surface area contributed by atoms with Gasteiger partial charge in [0.2, 0.25) is 0 Å². The Morgan fingerprint density at radius 3 is 1.10 bits per heavy atom. The van der Waals surface area contributed by atoms with Crippen molar-refractivity contribution in [2.45, 2.75) is 33.1 Å². The van der Waals surface area contributed by atoms with Crippen LogP contribution in [0.2, 0.25) is 0 Å². The molecule has 0 amide bonds. The fourth-order valence-electron chi connectivity index (χ4n) is 2.86. The largest absolute Gasteiger partial charge is 0.444 e. The molecule has 3 aromatic heterocycles. The summed E-state index contributed by atoms with van der Waals surface area (Å²) in [6.07, 6.45) is 0. The average molecular weight is 459 g/mol. The van der Waals surface area contributed by atoms with E-state index in [4.69, 9.17) is 35.2 Å². The van der Waals surface area contributed by atoms with E-state index < -0.39 is 5.41 Å². The number of nitrogens with zero attached hydrogens (tertiary/aromatic N) is 5. The summed E-state index contributed by atoms with van der Waals surface area (Å²) in [6.45, 7) is 8.18. The third-order valence-electron chi connectivity index (χ3n) is 4.20. The van der Waals surface area contributed by atoms with E-state index in [-0.39, 0.29) is 17.1 Å². The molecule has 30 heavy (non-hydrogen) atoms. The molecule has 10 heteroatoms. The van der Waals surface area contributed by atoms with Gasteiger partial charge in [0, 0.05) is 34.2 Å². The molecule has 163 valence electrons. The zero-order valence-corrected chi connectivity index (χ0v) is 17.8. The molecule has 3 heterocycles. The van der Waals surface area contributed by atoms with Crippen LogP contribution in [0.1, 0.15) is 41.1 Å². The normalized spacial score (nSPS) is 9.60. The van der Waals surface area contributed by atoms with Gasteiger partial charge >= 0.3 is 0 Å². The number of pyridine rings is 3. The fraction of sp³-hybridized carbons (Fsp3) is 0.250. The Morgan fingerprint density at radius 2 is 0.900 bits per heavy atom. The smallest absolute Gasteiger partial charge is 0.0939 e. The standard InChI is InChI=1S/C20H21N3.Cu.2HNO2/c1-14-8-5-11-17(21-14)20(4,18-12-6-9-15(2)22-18)19-13-7-10-16(3)23-19;;2*2-1-3/h5-13H,1-4H3;;2*(H,2,3)/p-2. The van der Waals surface area contributed by atoms with Crippen LogP contribution < -0.4 is 0 Å². The van der Waals surface area contributed by atoms with E-state index in [0.29, 0.717) is 0 Å². The minimum atomic E-state index is -0.482. The van der Waals surface area contributed by atoms with Gasteiger partial charge in [0.15, 0.2) is 0 Å².